The van der Waals surface area contributed by atoms with Gasteiger partial charge >= 0.3 is 0 Å². The summed E-state index contributed by atoms with van der Waals surface area (Å²) in [4.78, 5) is 9.39. The van der Waals surface area contributed by atoms with Crippen LogP contribution in [0.25, 0.3) is 0 Å². The first-order valence-corrected chi connectivity index (χ1v) is 9.39. The lowest BCUT2D eigenvalue weighted by atomic mass is 9.84. The summed E-state index contributed by atoms with van der Waals surface area (Å²) in [6, 6.07) is 2.06. The van der Waals surface area contributed by atoms with E-state index in [1.165, 1.54) is 32.1 Å². The lowest BCUT2D eigenvalue weighted by molar-refractivity contribution is 0.379. The first-order valence-electron chi connectivity index (χ1n) is 8.16. The molecule has 21 heavy (non-hydrogen) atoms. The third-order valence-electron chi connectivity index (χ3n) is 4.53. The summed E-state index contributed by atoms with van der Waals surface area (Å²) >= 11 is 2.00. The van der Waals surface area contributed by atoms with Crippen molar-refractivity contribution in [3.63, 3.8) is 0 Å². The molecule has 116 valence electrons. The molecule has 4 nitrogen and oxygen atoms in total. The standard InChI is InChI=1S/C16H26N4S/c1-3-9-17-13-10-14(20-15(19-13)12-5-6-12)18-11-16(21-2)7-4-8-16/h10,12H,3-9,11H2,1-2H3,(H2,17,18,19,20). The minimum atomic E-state index is 0.432. The molecular formula is C16H26N4S. The number of rotatable bonds is 8. The average Bonchev–Trinajstić information content (AvgIpc) is 3.29. The number of thioether (sulfide) groups is 1. The van der Waals surface area contributed by atoms with E-state index in [9.17, 15) is 0 Å². The smallest absolute Gasteiger partial charge is 0.136 e. The molecule has 0 radical (unpaired) electrons. The molecule has 0 amide bonds. The molecule has 2 aliphatic rings. The maximum absolute atomic E-state index is 4.73. The molecule has 1 aromatic heterocycles. The molecule has 3 rings (SSSR count). The third-order valence-corrected chi connectivity index (χ3v) is 5.95. The van der Waals surface area contributed by atoms with E-state index in [0.717, 1.165) is 37.0 Å². The van der Waals surface area contributed by atoms with Crippen LogP contribution in [-0.2, 0) is 0 Å². The van der Waals surface area contributed by atoms with Gasteiger partial charge in [-0.15, -0.1) is 0 Å². The third kappa shape index (κ3) is 3.62. The van der Waals surface area contributed by atoms with E-state index >= 15 is 0 Å². The fraction of sp³-hybridized carbons (Fsp3) is 0.750. The highest BCUT2D eigenvalue weighted by molar-refractivity contribution is 8.00. The van der Waals surface area contributed by atoms with Gasteiger partial charge in [-0.3, -0.25) is 0 Å². The SMILES string of the molecule is CCCNc1cc(NCC2(SC)CCC2)nc(C2CC2)n1. The average molecular weight is 306 g/mol. The van der Waals surface area contributed by atoms with Gasteiger partial charge in [0.05, 0.1) is 0 Å². The molecule has 1 aromatic rings. The second kappa shape index (κ2) is 6.42. The largest absolute Gasteiger partial charge is 0.370 e. The molecule has 2 N–H and O–H groups in total. The molecule has 0 saturated heterocycles. The number of hydrogen-bond donors (Lipinski definition) is 2. The van der Waals surface area contributed by atoms with E-state index in [-0.39, 0.29) is 0 Å². The molecule has 0 spiro atoms. The van der Waals surface area contributed by atoms with Crippen molar-refractivity contribution >= 4 is 23.4 Å². The van der Waals surface area contributed by atoms with Gasteiger partial charge in [-0.25, -0.2) is 9.97 Å². The Morgan fingerprint density at radius 2 is 1.95 bits per heavy atom. The van der Waals surface area contributed by atoms with Crippen LogP contribution in [0.4, 0.5) is 11.6 Å². The van der Waals surface area contributed by atoms with Crippen molar-refractivity contribution in [1.82, 2.24) is 9.97 Å². The van der Waals surface area contributed by atoms with Crippen molar-refractivity contribution in [3.8, 4) is 0 Å². The molecule has 0 aromatic carbocycles. The second-order valence-electron chi connectivity index (χ2n) is 6.29. The highest BCUT2D eigenvalue weighted by Crippen LogP contribution is 2.43. The molecule has 1 heterocycles. The second-order valence-corrected chi connectivity index (χ2v) is 7.57. The predicted octanol–water partition coefficient (Wildman–Crippen LogP) is 3.87. The first kappa shape index (κ1) is 14.9. The van der Waals surface area contributed by atoms with Crippen LogP contribution >= 0.6 is 11.8 Å². The molecular weight excluding hydrogens is 280 g/mol. The Morgan fingerprint density at radius 1 is 1.24 bits per heavy atom. The Hall–Kier alpha value is -0.970. The molecule has 0 unspecified atom stereocenters. The van der Waals surface area contributed by atoms with Crippen molar-refractivity contribution in [2.45, 2.75) is 56.1 Å². The number of hydrogen-bond acceptors (Lipinski definition) is 5. The highest BCUT2D eigenvalue weighted by Gasteiger charge is 2.36. The molecule has 2 saturated carbocycles. The van der Waals surface area contributed by atoms with Crippen molar-refractivity contribution in [2.75, 3.05) is 30.0 Å². The topological polar surface area (TPSA) is 49.8 Å². The molecule has 0 bridgehead atoms. The lowest BCUT2D eigenvalue weighted by Gasteiger charge is -2.40. The number of anilines is 2. The van der Waals surface area contributed by atoms with E-state index in [2.05, 4.69) is 34.9 Å². The zero-order chi connectivity index (χ0) is 14.7. The maximum Gasteiger partial charge on any atom is 0.136 e. The number of aromatic nitrogens is 2. The van der Waals surface area contributed by atoms with Crippen molar-refractivity contribution in [3.05, 3.63) is 11.9 Å². The minimum absolute atomic E-state index is 0.432. The van der Waals surface area contributed by atoms with Gasteiger partial charge in [-0.05, 0) is 38.4 Å². The predicted molar refractivity (Wildman–Crippen MR) is 91.4 cm³/mol. The van der Waals surface area contributed by atoms with Crippen LogP contribution in [0.1, 0.15) is 57.2 Å². The number of nitrogens with one attached hydrogen (secondary N) is 2. The van der Waals surface area contributed by atoms with E-state index in [4.69, 9.17) is 4.98 Å². The van der Waals surface area contributed by atoms with Gasteiger partial charge in [-0.2, -0.15) is 11.8 Å². The van der Waals surface area contributed by atoms with E-state index in [1.807, 2.05) is 11.8 Å². The fourth-order valence-electron chi connectivity index (χ4n) is 2.70. The summed E-state index contributed by atoms with van der Waals surface area (Å²) in [7, 11) is 0. The Balaban J connectivity index is 1.69. The summed E-state index contributed by atoms with van der Waals surface area (Å²) in [5.74, 6) is 3.58. The Labute approximate surface area is 131 Å². The van der Waals surface area contributed by atoms with Crippen LogP contribution in [0.2, 0.25) is 0 Å². The Morgan fingerprint density at radius 3 is 2.48 bits per heavy atom. The van der Waals surface area contributed by atoms with Gasteiger partial charge in [0, 0.05) is 29.8 Å². The summed E-state index contributed by atoms with van der Waals surface area (Å²) < 4.78 is 0.432. The monoisotopic (exact) mass is 306 g/mol. The molecule has 2 fully saturated rings. The maximum atomic E-state index is 4.73. The summed E-state index contributed by atoms with van der Waals surface area (Å²) in [5, 5.41) is 6.97. The zero-order valence-corrected chi connectivity index (χ0v) is 13.9. The van der Waals surface area contributed by atoms with E-state index in [0.29, 0.717) is 10.7 Å². The number of nitrogens with zero attached hydrogens (tertiary/aromatic N) is 2. The minimum Gasteiger partial charge on any atom is -0.370 e. The van der Waals surface area contributed by atoms with Crippen LogP contribution in [-0.4, -0.2) is 34.1 Å². The first-order chi connectivity index (χ1) is 10.2. The summed E-state index contributed by atoms with van der Waals surface area (Å²) in [5.41, 5.74) is 0. The lowest BCUT2D eigenvalue weighted by Crippen LogP contribution is -2.40. The van der Waals surface area contributed by atoms with E-state index in [1.54, 1.807) is 0 Å². The summed E-state index contributed by atoms with van der Waals surface area (Å²) in [6.07, 6.45) is 9.83. The Kier molecular flexibility index (Phi) is 4.57. The molecule has 2 aliphatic carbocycles. The normalized spacial score (nSPS) is 19.9. The van der Waals surface area contributed by atoms with Crippen LogP contribution in [0.3, 0.4) is 0 Å². The van der Waals surface area contributed by atoms with Crippen LogP contribution in [0, 0.1) is 0 Å². The van der Waals surface area contributed by atoms with Gasteiger partial charge < -0.3 is 10.6 Å². The quantitative estimate of drug-likeness (QED) is 0.763. The van der Waals surface area contributed by atoms with Crippen LogP contribution < -0.4 is 10.6 Å². The van der Waals surface area contributed by atoms with E-state index < -0.39 is 0 Å². The van der Waals surface area contributed by atoms with Crippen molar-refractivity contribution < 1.29 is 0 Å². The van der Waals surface area contributed by atoms with Gasteiger partial charge in [-0.1, -0.05) is 13.3 Å². The highest BCUT2D eigenvalue weighted by atomic mass is 32.2. The van der Waals surface area contributed by atoms with Gasteiger partial charge in [0.1, 0.15) is 17.5 Å². The Bertz CT molecular complexity index is 478. The van der Waals surface area contributed by atoms with Gasteiger partial charge in [0.25, 0.3) is 0 Å². The molecule has 0 atom stereocenters. The van der Waals surface area contributed by atoms with Crippen LogP contribution in [0.15, 0.2) is 6.07 Å². The zero-order valence-electron chi connectivity index (χ0n) is 13.1. The molecule has 5 heteroatoms. The molecule has 0 aliphatic heterocycles. The van der Waals surface area contributed by atoms with Crippen molar-refractivity contribution in [2.24, 2.45) is 0 Å². The summed E-state index contributed by atoms with van der Waals surface area (Å²) in [6.45, 7) is 4.16. The van der Waals surface area contributed by atoms with Crippen molar-refractivity contribution in [1.29, 1.82) is 0 Å². The van der Waals surface area contributed by atoms with Gasteiger partial charge in [0.15, 0.2) is 0 Å². The van der Waals surface area contributed by atoms with Crippen LogP contribution in [0.5, 0.6) is 0 Å². The fourth-order valence-corrected chi connectivity index (χ4v) is 3.61. The van der Waals surface area contributed by atoms with Gasteiger partial charge in [0.2, 0.25) is 0 Å².